The van der Waals surface area contributed by atoms with Crippen molar-refractivity contribution in [3.05, 3.63) is 71.8 Å². The first-order chi connectivity index (χ1) is 12.1. The van der Waals surface area contributed by atoms with E-state index in [0.717, 1.165) is 4.90 Å². The third-order valence-electron chi connectivity index (χ3n) is 3.98. The molecule has 0 saturated carbocycles. The van der Waals surface area contributed by atoms with Crippen LogP contribution in [0.25, 0.3) is 0 Å². The van der Waals surface area contributed by atoms with Crippen LogP contribution in [0.2, 0.25) is 0 Å². The SMILES string of the molecule is O=C(CBr)OCN1C(=O)NC(c2ccccc2)(c2ccccc2)C1=O. The van der Waals surface area contributed by atoms with E-state index < -0.39 is 30.2 Å². The third-order valence-corrected chi connectivity index (χ3v) is 4.44. The molecule has 25 heavy (non-hydrogen) atoms. The Morgan fingerprint density at radius 1 is 1.00 bits per heavy atom. The van der Waals surface area contributed by atoms with E-state index in [1.165, 1.54) is 0 Å². The molecule has 0 unspecified atom stereocenters. The molecule has 1 aliphatic heterocycles. The minimum absolute atomic E-state index is 0.0147. The number of rotatable bonds is 5. The van der Waals surface area contributed by atoms with Gasteiger partial charge < -0.3 is 10.1 Å². The maximum atomic E-state index is 13.2. The number of hydrogen-bond donors (Lipinski definition) is 1. The molecular formula is C18H15BrN2O4. The average molecular weight is 403 g/mol. The number of carbonyl (C=O) groups is 3. The quantitative estimate of drug-likeness (QED) is 0.473. The van der Waals surface area contributed by atoms with Crippen molar-refractivity contribution >= 4 is 33.8 Å². The smallest absolute Gasteiger partial charge is 0.328 e. The number of nitrogens with zero attached hydrogens (tertiary/aromatic N) is 1. The summed E-state index contributed by atoms with van der Waals surface area (Å²) in [6, 6.07) is 17.4. The van der Waals surface area contributed by atoms with Gasteiger partial charge in [0, 0.05) is 0 Å². The van der Waals surface area contributed by atoms with Crippen molar-refractivity contribution in [2.24, 2.45) is 0 Å². The third kappa shape index (κ3) is 3.02. The Hall–Kier alpha value is -2.67. The van der Waals surface area contributed by atoms with E-state index in [2.05, 4.69) is 21.2 Å². The lowest BCUT2D eigenvalue weighted by Gasteiger charge is -2.27. The van der Waals surface area contributed by atoms with Crippen molar-refractivity contribution < 1.29 is 19.1 Å². The van der Waals surface area contributed by atoms with Gasteiger partial charge in [-0.3, -0.25) is 9.59 Å². The molecule has 1 saturated heterocycles. The van der Waals surface area contributed by atoms with Crippen molar-refractivity contribution in [3.8, 4) is 0 Å². The molecule has 1 heterocycles. The molecule has 0 radical (unpaired) electrons. The van der Waals surface area contributed by atoms with Gasteiger partial charge in [0.05, 0.1) is 0 Å². The van der Waals surface area contributed by atoms with E-state index in [9.17, 15) is 14.4 Å². The molecule has 0 atom stereocenters. The number of benzene rings is 2. The highest BCUT2D eigenvalue weighted by molar-refractivity contribution is 9.09. The van der Waals surface area contributed by atoms with Gasteiger partial charge in [0.2, 0.25) is 0 Å². The maximum absolute atomic E-state index is 13.2. The zero-order valence-corrected chi connectivity index (χ0v) is 14.7. The largest absolute Gasteiger partial charge is 0.443 e. The van der Waals surface area contributed by atoms with Gasteiger partial charge >= 0.3 is 12.0 Å². The Balaban J connectivity index is 2.03. The molecule has 2 aromatic carbocycles. The first kappa shape index (κ1) is 17.2. The van der Waals surface area contributed by atoms with Crippen LogP contribution in [0.1, 0.15) is 11.1 Å². The van der Waals surface area contributed by atoms with Crippen molar-refractivity contribution in [2.45, 2.75) is 5.54 Å². The second-order valence-electron chi connectivity index (χ2n) is 5.42. The molecule has 2 aromatic rings. The summed E-state index contributed by atoms with van der Waals surface area (Å²) in [7, 11) is 0. The molecule has 1 fully saturated rings. The maximum Gasteiger partial charge on any atom is 0.328 e. The number of hydrogen-bond acceptors (Lipinski definition) is 4. The summed E-state index contributed by atoms with van der Waals surface area (Å²) >= 11 is 2.97. The highest BCUT2D eigenvalue weighted by Crippen LogP contribution is 2.35. The highest BCUT2D eigenvalue weighted by atomic mass is 79.9. The zero-order valence-electron chi connectivity index (χ0n) is 13.1. The Bertz CT molecular complexity index is 756. The Labute approximate surface area is 152 Å². The molecule has 0 aromatic heterocycles. The number of ether oxygens (including phenoxy) is 1. The van der Waals surface area contributed by atoms with E-state index >= 15 is 0 Å². The number of urea groups is 1. The second kappa shape index (κ2) is 7.06. The normalized spacial score (nSPS) is 15.8. The zero-order chi connectivity index (χ0) is 17.9. The fourth-order valence-corrected chi connectivity index (χ4v) is 2.96. The lowest BCUT2D eigenvalue weighted by molar-refractivity contribution is -0.147. The van der Waals surface area contributed by atoms with Gasteiger partial charge in [0.1, 0.15) is 5.33 Å². The number of carbonyl (C=O) groups excluding carboxylic acids is 3. The number of nitrogens with one attached hydrogen (secondary N) is 1. The summed E-state index contributed by atoms with van der Waals surface area (Å²) in [5.74, 6) is -1.05. The van der Waals surface area contributed by atoms with Crippen molar-refractivity contribution in [1.29, 1.82) is 0 Å². The van der Waals surface area contributed by atoms with Gasteiger partial charge in [-0.25, -0.2) is 9.69 Å². The van der Waals surface area contributed by atoms with Gasteiger partial charge in [-0.05, 0) is 11.1 Å². The molecular weight excluding hydrogens is 388 g/mol. The molecule has 7 heteroatoms. The fraction of sp³-hybridized carbons (Fsp3) is 0.167. The number of alkyl halides is 1. The highest BCUT2D eigenvalue weighted by Gasteiger charge is 2.53. The van der Waals surface area contributed by atoms with Crippen LogP contribution in [0.3, 0.4) is 0 Å². The van der Waals surface area contributed by atoms with Gasteiger partial charge in [-0.1, -0.05) is 76.6 Å². The summed E-state index contributed by atoms with van der Waals surface area (Å²) in [4.78, 5) is 37.9. The molecule has 0 aliphatic carbocycles. The topological polar surface area (TPSA) is 75.7 Å². The van der Waals surface area contributed by atoms with Crippen molar-refractivity contribution in [1.82, 2.24) is 10.2 Å². The summed E-state index contributed by atoms with van der Waals surface area (Å²) < 4.78 is 4.94. The summed E-state index contributed by atoms with van der Waals surface area (Å²) in [6.07, 6.45) is 0. The predicted octanol–water partition coefficient (Wildman–Crippen LogP) is 2.38. The lowest BCUT2D eigenvalue weighted by Crippen LogP contribution is -2.45. The van der Waals surface area contributed by atoms with Gasteiger partial charge in [-0.2, -0.15) is 0 Å². The van der Waals surface area contributed by atoms with Gasteiger partial charge in [0.25, 0.3) is 5.91 Å². The predicted molar refractivity (Wildman–Crippen MR) is 93.8 cm³/mol. The average Bonchev–Trinajstić information content (AvgIpc) is 2.92. The molecule has 3 amide bonds. The van der Waals surface area contributed by atoms with E-state index in [1.807, 2.05) is 12.1 Å². The molecule has 128 valence electrons. The first-order valence-corrected chi connectivity index (χ1v) is 8.68. The molecule has 6 nitrogen and oxygen atoms in total. The number of amides is 3. The summed E-state index contributed by atoms with van der Waals surface area (Å²) in [5, 5.41) is 2.76. The van der Waals surface area contributed by atoms with E-state index in [0.29, 0.717) is 11.1 Å². The van der Waals surface area contributed by atoms with Crippen LogP contribution < -0.4 is 5.32 Å². The van der Waals surface area contributed by atoms with Crippen LogP contribution in [0.5, 0.6) is 0 Å². The Kier molecular flexibility index (Phi) is 4.85. The van der Waals surface area contributed by atoms with Gasteiger partial charge in [0.15, 0.2) is 12.3 Å². The second-order valence-corrected chi connectivity index (χ2v) is 5.99. The van der Waals surface area contributed by atoms with E-state index in [1.54, 1.807) is 48.5 Å². The molecule has 1 N–H and O–H groups in total. The number of esters is 1. The van der Waals surface area contributed by atoms with Crippen LogP contribution in [0.15, 0.2) is 60.7 Å². The Morgan fingerprint density at radius 3 is 2.00 bits per heavy atom. The summed E-state index contributed by atoms with van der Waals surface area (Å²) in [6.45, 7) is -0.434. The minimum atomic E-state index is -1.35. The van der Waals surface area contributed by atoms with E-state index in [4.69, 9.17) is 4.74 Å². The molecule has 1 aliphatic rings. The number of halogens is 1. The minimum Gasteiger partial charge on any atom is -0.443 e. The van der Waals surface area contributed by atoms with Crippen LogP contribution in [-0.4, -0.2) is 34.9 Å². The first-order valence-electron chi connectivity index (χ1n) is 7.56. The van der Waals surface area contributed by atoms with Crippen LogP contribution >= 0.6 is 15.9 Å². The lowest BCUT2D eigenvalue weighted by atomic mass is 9.83. The number of imide groups is 1. The van der Waals surface area contributed by atoms with Crippen LogP contribution in [0, 0.1) is 0 Å². The van der Waals surface area contributed by atoms with Crippen molar-refractivity contribution in [2.75, 3.05) is 12.1 Å². The van der Waals surface area contributed by atoms with Crippen LogP contribution in [0.4, 0.5) is 4.79 Å². The van der Waals surface area contributed by atoms with E-state index in [-0.39, 0.29) is 5.33 Å². The summed E-state index contributed by atoms with van der Waals surface area (Å²) in [5.41, 5.74) is -0.0804. The monoisotopic (exact) mass is 402 g/mol. The fourth-order valence-electron chi connectivity index (χ4n) is 2.80. The van der Waals surface area contributed by atoms with Crippen LogP contribution in [-0.2, 0) is 19.9 Å². The van der Waals surface area contributed by atoms with Gasteiger partial charge in [-0.15, -0.1) is 0 Å². The molecule has 0 bridgehead atoms. The Morgan fingerprint density at radius 2 is 1.52 bits per heavy atom. The molecule has 3 rings (SSSR count). The standard InChI is InChI=1S/C18H15BrN2O4/c19-11-15(22)25-12-21-16(23)18(20-17(21)24,13-7-3-1-4-8-13)14-9-5-2-6-10-14/h1-10H,11-12H2,(H,20,24). The van der Waals surface area contributed by atoms with Crippen molar-refractivity contribution in [3.63, 3.8) is 0 Å². The molecule has 0 spiro atoms.